The Balaban J connectivity index is 1.29. The van der Waals surface area contributed by atoms with E-state index in [0.29, 0.717) is 28.7 Å². The molecule has 0 aromatic heterocycles. The van der Waals surface area contributed by atoms with Gasteiger partial charge in [0.2, 0.25) is 10.0 Å². The van der Waals surface area contributed by atoms with Crippen LogP contribution in [0, 0.1) is 13.8 Å². The van der Waals surface area contributed by atoms with Gasteiger partial charge in [0.15, 0.2) is 0 Å². The molecule has 2 aliphatic rings. The fourth-order valence-electron chi connectivity index (χ4n) is 6.82. The van der Waals surface area contributed by atoms with Crippen molar-refractivity contribution in [2.75, 3.05) is 49.8 Å². The number of likely N-dealkylation sites (tertiary alicyclic amines) is 1. The predicted octanol–water partition coefficient (Wildman–Crippen LogP) is 7.06. The summed E-state index contributed by atoms with van der Waals surface area (Å²) in [6.45, 7) is 9.45. The molecule has 2 heterocycles. The van der Waals surface area contributed by atoms with Crippen molar-refractivity contribution in [2.24, 2.45) is 0 Å². The molecule has 1 atom stereocenters. The first-order valence-electron chi connectivity index (χ1n) is 15.0. The van der Waals surface area contributed by atoms with Crippen LogP contribution >= 0.6 is 23.2 Å². The zero-order valence-corrected chi connectivity index (χ0v) is 27.8. The van der Waals surface area contributed by atoms with Crippen LogP contribution in [0.15, 0.2) is 60.7 Å². The zero-order valence-electron chi connectivity index (χ0n) is 25.4. The number of sulfonamides is 1. The number of likely N-dealkylation sites (N-methyl/N-ethyl adjacent to an activating group) is 1. The Hall–Kier alpha value is -2.58. The Bertz CT molecular complexity index is 1580. The van der Waals surface area contributed by atoms with E-state index in [4.69, 9.17) is 23.2 Å². The van der Waals surface area contributed by atoms with Gasteiger partial charge in [0.05, 0.1) is 21.5 Å². The molecule has 0 bridgehead atoms. The van der Waals surface area contributed by atoms with Gasteiger partial charge in [0.25, 0.3) is 5.91 Å². The Labute approximate surface area is 266 Å². The van der Waals surface area contributed by atoms with Gasteiger partial charge >= 0.3 is 0 Å². The Morgan fingerprint density at radius 1 is 0.977 bits per heavy atom. The number of carbonyl (C=O) groups excluding carboxylic acids is 1. The molecule has 1 fully saturated rings. The molecular weight excluding hydrogens is 601 g/mol. The van der Waals surface area contributed by atoms with Crippen LogP contribution in [0.4, 0.5) is 5.69 Å². The lowest BCUT2D eigenvalue weighted by atomic mass is 9.74. The van der Waals surface area contributed by atoms with Crippen molar-refractivity contribution in [1.82, 2.24) is 9.80 Å². The van der Waals surface area contributed by atoms with E-state index < -0.39 is 10.0 Å². The van der Waals surface area contributed by atoms with Crippen LogP contribution < -0.4 is 4.31 Å². The van der Waals surface area contributed by atoms with Gasteiger partial charge < -0.3 is 9.80 Å². The van der Waals surface area contributed by atoms with E-state index in [9.17, 15) is 13.2 Å². The minimum absolute atomic E-state index is 0.00302. The van der Waals surface area contributed by atoms with Crippen LogP contribution in [0.25, 0.3) is 0 Å². The fourth-order valence-corrected chi connectivity index (χ4v) is 8.34. The zero-order chi connectivity index (χ0) is 30.9. The third-order valence-electron chi connectivity index (χ3n) is 9.22. The van der Waals surface area contributed by atoms with Crippen LogP contribution in [-0.4, -0.2) is 69.6 Å². The Kier molecular flexibility index (Phi) is 9.48. The van der Waals surface area contributed by atoms with Crippen molar-refractivity contribution in [1.29, 1.82) is 0 Å². The van der Waals surface area contributed by atoms with E-state index in [-0.39, 0.29) is 23.0 Å². The number of para-hydroxylation sites is 1. The molecular formula is C34H41Cl2N3O3S. The summed E-state index contributed by atoms with van der Waals surface area (Å²) >= 11 is 12.7. The van der Waals surface area contributed by atoms with Gasteiger partial charge in [-0.1, -0.05) is 64.7 Å². The maximum Gasteiger partial charge on any atom is 0.253 e. The van der Waals surface area contributed by atoms with E-state index in [1.807, 2.05) is 74.3 Å². The Morgan fingerprint density at radius 2 is 1.65 bits per heavy atom. The number of benzene rings is 3. The van der Waals surface area contributed by atoms with E-state index in [1.165, 1.54) is 0 Å². The quantitative estimate of drug-likeness (QED) is 0.251. The number of amides is 1. The van der Waals surface area contributed by atoms with Crippen molar-refractivity contribution in [3.8, 4) is 0 Å². The van der Waals surface area contributed by atoms with Crippen LogP contribution in [0.2, 0.25) is 10.0 Å². The van der Waals surface area contributed by atoms with Gasteiger partial charge in [0.1, 0.15) is 0 Å². The van der Waals surface area contributed by atoms with Crippen LogP contribution in [0.3, 0.4) is 0 Å². The highest BCUT2D eigenvalue weighted by atomic mass is 35.5. The monoisotopic (exact) mass is 641 g/mol. The summed E-state index contributed by atoms with van der Waals surface area (Å²) in [6, 6.07) is 19.7. The van der Waals surface area contributed by atoms with Crippen molar-refractivity contribution < 1.29 is 13.2 Å². The second-order valence-corrected chi connectivity index (χ2v) is 15.3. The maximum absolute atomic E-state index is 13.4. The van der Waals surface area contributed by atoms with Gasteiger partial charge in [-0.15, -0.1) is 0 Å². The third kappa shape index (κ3) is 6.75. The topological polar surface area (TPSA) is 60.9 Å². The molecule has 9 heteroatoms. The number of piperidine rings is 1. The molecule has 0 N–H and O–H groups in total. The molecule has 0 saturated carbocycles. The number of carbonyl (C=O) groups is 1. The highest BCUT2D eigenvalue weighted by molar-refractivity contribution is 7.92. The van der Waals surface area contributed by atoms with Gasteiger partial charge in [-0.3, -0.25) is 9.10 Å². The molecule has 2 aliphatic heterocycles. The molecule has 1 saturated heterocycles. The fraction of sp³-hybridized carbons (Fsp3) is 0.441. The van der Waals surface area contributed by atoms with E-state index >= 15 is 0 Å². The number of anilines is 1. The number of hydrogen-bond donors (Lipinski definition) is 0. The van der Waals surface area contributed by atoms with E-state index in [2.05, 4.69) is 17.0 Å². The minimum Gasteiger partial charge on any atom is -0.341 e. The van der Waals surface area contributed by atoms with Crippen molar-refractivity contribution in [3.05, 3.63) is 98.5 Å². The predicted molar refractivity (Wildman–Crippen MR) is 177 cm³/mol. The lowest BCUT2D eigenvalue weighted by molar-refractivity contribution is 0.0780. The molecule has 43 heavy (non-hydrogen) atoms. The molecule has 6 nitrogen and oxygen atoms in total. The SMILES string of the molecule is CCS(=O)(=O)N1CC2(CCN(CCC(CN(C)C(=O)c3cc(C)cc(C)c3)c3ccc(Cl)c(Cl)c3)CC2)c2ccccc21. The number of halogens is 2. The second kappa shape index (κ2) is 12.8. The molecule has 1 unspecified atom stereocenters. The highest BCUT2D eigenvalue weighted by Crippen LogP contribution is 2.48. The third-order valence-corrected chi connectivity index (χ3v) is 11.7. The number of fused-ring (bicyclic) bond motifs is 2. The first-order valence-corrected chi connectivity index (χ1v) is 17.4. The normalized spacial score (nSPS) is 17.2. The van der Waals surface area contributed by atoms with Gasteiger partial charge in [0, 0.05) is 37.0 Å². The summed E-state index contributed by atoms with van der Waals surface area (Å²) < 4.78 is 27.5. The highest BCUT2D eigenvalue weighted by Gasteiger charge is 2.47. The molecule has 230 valence electrons. The van der Waals surface area contributed by atoms with Crippen LogP contribution in [-0.2, 0) is 15.4 Å². The molecule has 5 rings (SSSR count). The smallest absolute Gasteiger partial charge is 0.253 e. The molecule has 3 aromatic carbocycles. The van der Waals surface area contributed by atoms with E-state index in [0.717, 1.165) is 66.8 Å². The van der Waals surface area contributed by atoms with E-state index in [1.54, 1.807) is 11.2 Å². The molecule has 1 amide bonds. The first kappa shape index (κ1) is 31.8. The Morgan fingerprint density at radius 3 is 2.30 bits per heavy atom. The summed E-state index contributed by atoms with van der Waals surface area (Å²) in [6.07, 6.45) is 2.66. The van der Waals surface area contributed by atoms with Gasteiger partial charge in [-0.25, -0.2) is 8.42 Å². The molecule has 0 aliphatic carbocycles. The molecule has 0 radical (unpaired) electrons. The largest absolute Gasteiger partial charge is 0.341 e. The number of hydrogen-bond acceptors (Lipinski definition) is 4. The summed E-state index contributed by atoms with van der Waals surface area (Å²) in [4.78, 5) is 17.7. The summed E-state index contributed by atoms with van der Waals surface area (Å²) in [5.41, 5.74) is 5.75. The molecule has 3 aromatic rings. The lowest BCUT2D eigenvalue weighted by Gasteiger charge is -2.40. The number of nitrogens with zero attached hydrogens (tertiary/aromatic N) is 3. The van der Waals surface area contributed by atoms with Crippen molar-refractivity contribution in [3.63, 3.8) is 0 Å². The number of rotatable bonds is 9. The minimum atomic E-state index is -3.34. The van der Waals surface area contributed by atoms with Crippen LogP contribution in [0.5, 0.6) is 0 Å². The van der Waals surface area contributed by atoms with Gasteiger partial charge in [-0.05, 0) is 101 Å². The average Bonchev–Trinajstić information content (AvgIpc) is 3.31. The van der Waals surface area contributed by atoms with Crippen LogP contribution in [0.1, 0.15) is 64.7 Å². The molecule has 1 spiro atoms. The van der Waals surface area contributed by atoms with Gasteiger partial charge in [-0.2, -0.15) is 0 Å². The maximum atomic E-state index is 13.4. The average molecular weight is 643 g/mol. The number of aryl methyl sites for hydroxylation is 2. The van der Waals surface area contributed by atoms with Crippen molar-refractivity contribution >= 4 is 44.8 Å². The summed E-state index contributed by atoms with van der Waals surface area (Å²) in [5.74, 6) is 0.172. The lowest BCUT2D eigenvalue weighted by Crippen LogP contribution is -2.46. The first-order chi connectivity index (χ1) is 20.4. The summed E-state index contributed by atoms with van der Waals surface area (Å²) in [7, 11) is -1.47. The second-order valence-electron chi connectivity index (χ2n) is 12.3. The van der Waals surface area contributed by atoms with Crippen molar-refractivity contribution in [2.45, 2.75) is 51.4 Å². The summed E-state index contributed by atoms with van der Waals surface area (Å²) in [5, 5.41) is 1.03. The standard InChI is InChI=1S/C34H41Cl2N3O3S/c1-5-43(41,42)39-23-34(29-8-6-7-9-32(29)39)13-16-38(17-14-34)15-12-27(26-10-11-30(35)31(36)21-26)22-37(4)33(40)28-19-24(2)18-25(3)20-28/h6-11,18-21,27H,5,12-17,22-23H2,1-4H3.